The number of nitrogens with zero attached hydrogens (tertiary/aromatic N) is 3. The molecule has 0 N–H and O–H groups in total. The smallest absolute Gasteiger partial charge is 0.363 e. The van der Waals surface area contributed by atoms with E-state index in [-0.39, 0.29) is 16.6 Å². The van der Waals surface area contributed by atoms with Crippen LogP contribution in [0.1, 0.15) is 38.1 Å². The van der Waals surface area contributed by atoms with Gasteiger partial charge in [0.25, 0.3) is 0 Å². The van der Waals surface area contributed by atoms with Gasteiger partial charge < -0.3 is 9.15 Å². The van der Waals surface area contributed by atoms with Crippen molar-refractivity contribution in [2.45, 2.75) is 39.2 Å². The van der Waals surface area contributed by atoms with Crippen molar-refractivity contribution in [3.05, 3.63) is 75.6 Å². The molecule has 32 heavy (non-hydrogen) atoms. The van der Waals surface area contributed by atoms with Crippen molar-refractivity contribution >= 4 is 11.1 Å². The fraction of sp³-hybridized carbons (Fsp3) is 0.292. The van der Waals surface area contributed by atoms with E-state index in [1.807, 2.05) is 24.6 Å². The average molecular weight is 438 g/mol. The summed E-state index contributed by atoms with van der Waals surface area (Å²) in [6.45, 7) is 5.78. The Hall–Kier alpha value is -3.55. The largest absolute Gasteiger partial charge is 0.496 e. The number of pyridine rings is 1. The molecule has 0 bridgehead atoms. The molecule has 1 aliphatic rings. The molecule has 164 valence electrons. The summed E-state index contributed by atoms with van der Waals surface area (Å²) >= 11 is 0. The van der Waals surface area contributed by atoms with Gasteiger partial charge in [0, 0.05) is 31.0 Å². The summed E-state index contributed by atoms with van der Waals surface area (Å²) in [5, 5.41) is 0. The lowest BCUT2D eigenvalue weighted by Gasteiger charge is -2.33. The van der Waals surface area contributed by atoms with Crippen LogP contribution in [0.3, 0.4) is 0 Å². The second kappa shape index (κ2) is 6.98. The molecule has 4 aromatic rings. The van der Waals surface area contributed by atoms with E-state index in [0.29, 0.717) is 34.8 Å². The average Bonchev–Trinajstić information content (AvgIpc) is 3.28. The van der Waals surface area contributed by atoms with Crippen molar-refractivity contribution in [3.8, 4) is 17.0 Å². The molecule has 4 heterocycles. The maximum Gasteiger partial charge on any atom is 0.363 e. The molecule has 1 atom stereocenters. The first kappa shape index (κ1) is 20.4. The van der Waals surface area contributed by atoms with Gasteiger partial charge in [0.05, 0.1) is 30.5 Å². The van der Waals surface area contributed by atoms with Crippen LogP contribution in [0.25, 0.3) is 22.3 Å². The third kappa shape index (κ3) is 2.65. The minimum absolute atomic E-state index is 0.226. The van der Waals surface area contributed by atoms with Gasteiger partial charge in [-0.1, -0.05) is 6.92 Å². The van der Waals surface area contributed by atoms with Crippen molar-refractivity contribution in [2.24, 2.45) is 0 Å². The Morgan fingerprint density at radius 2 is 2.06 bits per heavy atom. The highest BCUT2D eigenvalue weighted by atomic mass is 19.1. The summed E-state index contributed by atoms with van der Waals surface area (Å²) in [5.74, 6) is -0.302. The van der Waals surface area contributed by atoms with Gasteiger partial charge in [0.15, 0.2) is 17.3 Å². The Balaban J connectivity index is 2.06. The van der Waals surface area contributed by atoms with Gasteiger partial charge >= 0.3 is 5.63 Å². The van der Waals surface area contributed by atoms with Crippen LogP contribution in [0.15, 0.2) is 45.9 Å². The molecule has 0 spiro atoms. The summed E-state index contributed by atoms with van der Waals surface area (Å²) in [7, 11) is 1.54. The van der Waals surface area contributed by atoms with Crippen molar-refractivity contribution in [3.63, 3.8) is 0 Å². The predicted octanol–water partition coefficient (Wildman–Crippen LogP) is 3.28. The van der Waals surface area contributed by atoms with Gasteiger partial charge in [-0.25, -0.2) is 18.6 Å². The van der Waals surface area contributed by atoms with E-state index in [9.17, 15) is 9.18 Å². The zero-order valence-electron chi connectivity index (χ0n) is 18.2. The predicted molar refractivity (Wildman–Crippen MR) is 113 cm³/mol. The third-order valence-electron chi connectivity index (χ3n) is 6.30. The van der Waals surface area contributed by atoms with Gasteiger partial charge in [-0.3, -0.25) is 4.40 Å². The van der Waals surface area contributed by atoms with E-state index in [0.717, 1.165) is 12.5 Å². The molecule has 5 rings (SSSR count). The Bertz CT molecular complexity index is 1510. The van der Waals surface area contributed by atoms with E-state index in [1.165, 1.54) is 19.4 Å². The number of hydrogen-bond acceptors (Lipinski definition) is 4. The summed E-state index contributed by atoms with van der Waals surface area (Å²) in [6, 6.07) is 5.70. The van der Waals surface area contributed by atoms with Crippen molar-refractivity contribution in [1.82, 2.24) is 9.38 Å². The van der Waals surface area contributed by atoms with Crippen LogP contribution >= 0.6 is 0 Å². The number of halogens is 2. The van der Waals surface area contributed by atoms with Crippen molar-refractivity contribution in [1.29, 1.82) is 0 Å². The highest BCUT2D eigenvalue weighted by Crippen LogP contribution is 2.43. The number of rotatable bonds is 3. The van der Waals surface area contributed by atoms with Gasteiger partial charge in [0.2, 0.25) is 11.2 Å². The maximum absolute atomic E-state index is 15.3. The van der Waals surface area contributed by atoms with Crippen molar-refractivity contribution in [2.75, 3.05) is 7.11 Å². The quantitative estimate of drug-likeness (QED) is 0.461. The van der Waals surface area contributed by atoms with Gasteiger partial charge in [-0.2, -0.15) is 4.57 Å². The zero-order chi connectivity index (χ0) is 22.8. The summed E-state index contributed by atoms with van der Waals surface area (Å²) in [6.07, 6.45) is 4.69. The van der Waals surface area contributed by atoms with E-state index in [4.69, 9.17) is 9.15 Å². The maximum atomic E-state index is 15.3. The molecule has 6 nitrogen and oxygen atoms in total. The first-order valence-electron chi connectivity index (χ1n) is 10.4. The second-order valence-corrected chi connectivity index (χ2v) is 8.25. The Labute approximate surface area is 182 Å². The molecule has 0 saturated carbocycles. The van der Waals surface area contributed by atoms with Crippen LogP contribution in [0.4, 0.5) is 8.78 Å². The molecule has 1 aliphatic heterocycles. The molecule has 8 heteroatoms. The summed E-state index contributed by atoms with van der Waals surface area (Å²) < 4.78 is 44.5. The van der Waals surface area contributed by atoms with Crippen molar-refractivity contribution < 1.29 is 22.5 Å². The van der Waals surface area contributed by atoms with Gasteiger partial charge in [-0.15, -0.1) is 0 Å². The minimum Gasteiger partial charge on any atom is -0.496 e. The normalized spacial score (nSPS) is 19.2. The van der Waals surface area contributed by atoms with Gasteiger partial charge in [-0.05, 0) is 19.4 Å². The standard InChI is InChI=1S/C24H22F2N3O3/c1-5-7-24(3)21(22-29-13(2)27-12-19(29)23(30)32-22)16-9-14(25)10-17(26)20(16)18-11-15(31-4)6-8-28(18)24/h6,8-12H,5,7H2,1-4H3/q+1. The molecule has 0 amide bonds. The molecule has 0 radical (unpaired) electrons. The molecule has 0 fully saturated rings. The van der Waals surface area contributed by atoms with Crippen LogP contribution in [0, 0.1) is 18.6 Å². The molecule has 0 saturated heterocycles. The van der Waals surface area contributed by atoms with Crippen LogP contribution in [-0.4, -0.2) is 16.5 Å². The second-order valence-electron chi connectivity index (χ2n) is 8.25. The fourth-order valence-electron chi connectivity index (χ4n) is 4.94. The van der Waals surface area contributed by atoms with Gasteiger partial charge in [0.1, 0.15) is 23.2 Å². The van der Waals surface area contributed by atoms with E-state index < -0.39 is 22.8 Å². The molecular weight excluding hydrogens is 416 g/mol. The highest BCUT2D eigenvalue weighted by Gasteiger charge is 2.49. The number of imidazole rings is 1. The van der Waals surface area contributed by atoms with Crippen LogP contribution in [0.5, 0.6) is 5.75 Å². The molecule has 1 aromatic carbocycles. The van der Waals surface area contributed by atoms with E-state index >= 15 is 4.39 Å². The fourth-order valence-corrected chi connectivity index (χ4v) is 4.94. The lowest BCUT2D eigenvalue weighted by Crippen LogP contribution is -2.59. The van der Waals surface area contributed by atoms with Crippen LogP contribution in [-0.2, 0) is 5.54 Å². The SMILES string of the molecule is CCCC1(C)C(=c2oc(=O)c3cnc(C)n23)c2cc(F)cc(F)c2-c2cc(OC)cc[n+]21. The van der Waals surface area contributed by atoms with Crippen LogP contribution < -0.4 is 20.5 Å². The lowest BCUT2D eigenvalue weighted by atomic mass is 9.77. The monoisotopic (exact) mass is 438 g/mol. The number of benzene rings is 1. The first-order valence-corrected chi connectivity index (χ1v) is 10.4. The third-order valence-corrected chi connectivity index (χ3v) is 6.30. The number of hydrogen-bond donors (Lipinski definition) is 0. The topological polar surface area (TPSA) is 60.6 Å². The number of methoxy groups -OCH3 is 1. The molecule has 1 unspecified atom stereocenters. The molecular formula is C24H22F2N3O3+. The highest BCUT2D eigenvalue weighted by molar-refractivity contribution is 5.83. The summed E-state index contributed by atoms with van der Waals surface area (Å²) in [5.41, 5.74) is 0.865. The Morgan fingerprint density at radius 1 is 1.28 bits per heavy atom. The number of aryl methyl sites for hydroxylation is 1. The zero-order valence-corrected chi connectivity index (χ0v) is 18.2. The number of oxazole rings is 1. The number of fused-ring (bicyclic) bond motifs is 4. The van der Waals surface area contributed by atoms with Crippen LogP contribution in [0.2, 0.25) is 0 Å². The number of ether oxygens (including phenoxy) is 1. The molecule has 0 aliphatic carbocycles. The van der Waals surface area contributed by atoms with E-state index in [1.54, 1.807) is 23.5 Å². The first-order chi connectivity index (χ1) is 15.3. The summed E-state index contributed by atoms with van der Waals surface area (Å²) in [4.78, 5) is 16.8. The molecule has 3 aromatic heterocycles. The lowest BCUT2D eigenvalue weighted by molar-refractivity contribution is -0.738. The Kier molecular flexibility index (Phi) is 4.44. The van der Waals surface area contributed by atoms with E-state index in [2.05, 4.69) is 4.98 Å². The number of aromatic nitrogens is 3. The minimum atomic E-state index is -0.766. The Morgan fingerprint density at radius 3 is 2.78 bits per heavy atom.